The van der Waals surface area contributed by atoms with E-state index in [0.717, 1.165) is 24.6 Å². The van der Waals surface area contributed by atoms with Gasteiger partial charge in [0, 0.05) is 13.1 Å². The van der Waals surface area contributed by atoms with Crippen LogP contribution in [0.15, 0.2) is 24.3 Å². The van der Waals surface area contributed by atoms with Gasteiger partial charge in [-0.15, -0.1) is 0 Å². The van der Waals surface area contributed by atoms with E-state index in [1.807, 2.05) is 24.3 Å². The Balaban J connectivity index is 1.65. The number of likely N-dealkylation sites (N-methyl/N-ethyl adjacent to an activating group) is 2. The summed E-state index contributed by atoms with van der Waals surface area (Å²) in [5.41, 5.74) is 0. The minimum atomic E-state index is -0.0929. The highest BCUT2D eigenvalue weighted by atomic mass is 16.6. The van der Waals surface area contributed by atoms with E-state index in [9.17, 15) is 0 Å². The quantitative estimate of drug-likeness (QED) is 0.0778. The van der Waals surface area contributed by atoms with Gasteiger partial charge in [-0.25, -0.2) is 0 Å². The molecular weight excluding hydrogens is 532 g/mol. The molecule has 2 heterocycles. The monoisotopic (exact) mass is 603 g/mol. The van der Waals surface area contributed by atoms with Gasteiger partial charge < -0.3 is 14.2 Å². The van der Waals surface area contributed by atoms with Crippen LogP contribution in [0.1, 0.15) is 155 Å². The van der Waals surface area contributed by atoms with Gasteiger partial charge in [0.15, 0.2) is 12.5 Å². The number of hydrogen-bond donors (Lipinski definition) is 0. The van der Waals surface area contributed by atoms with Gasteiger partial charge >= 0.3 is 0 Å². The van der Waals surface area contributed by atoms with Crippen molar-refractivity contribution in [1.29, 1.82) is 0 Å². The molecule has 1 aromatic rings. The maximum Gasteiger partial charge on any atom is 0.175 e. The molecule has 5 heteroatoms. The van der Waals surface area contributed by atoms with Crippen molar-refractivity contribution >= 4 is 0 Å². The van der Waals surface area contributed by atoms with Crippen LogP contribution in [0.5, 0.6) is 11.5 Å². The zero-order valence-electron chi connectivity index (χ0n) is 29.0. The fraction of sp³-hybridized carbons (Fsp3) is 0.842. The van der Waals surface area contributed by atoms with Gasteiger partial charge in [0.05, 0.1) is 13.2 Å². The third-order valence-electron chi connectivity index (χ3n) is 9.10. The lowest BCUT2D eigenvalue weighted by molar-refractivity contribution is -0.0741. The molecule has 0 amide bonds. The summed E-state index contributed by atoms with van der Waals surface area (Å²) in [7, 11) is 4.34. The molecule has 2 aliphatic heterocycles. The maximum absolute atomic E-state index is 6.38. The highest BCUT2D eigenvalue weighted by Crippen LogP contribution is 2.23. The second kappa shape index (κ2) is 26.0. The van der Waals surface area contributed by atoms with Crippen molar-refractivity contribution in [2.75, 3.05) is 40.4 Å². The van der Waals surface area contributed by atoms with Gasteiger partial charge in [-0.05, 0) is 51.2 Å². The lowest BCUT2D eigenvalue weighted by Crippen LogP contribution is -2.44. The van der Waals surface area contributed by atoms with E-state index < -0.39 is 0 Å². The van der Waals surface area contributed by atoms with Gasteiger partial charge in [-0.3, -0.25) is 9.80 Å². The van der Waals surface area contributed by atoms with Crippen molar-refractivity contribution in [3.8, 4) is 11.5 Å². The predicted octanol–water partition coefficient (Wildman–Crippen LogP) is 10.6. The molecule has 43 heavy (non-hydrogen) atoms. The molecule has 2 atom stereocenters. The number of benzene rings is 1. The van der Waals surface area contributed by atoms with Crippen molar-refractivity contribution in [2.24, 2.45) is 0 Å². The van der Waals surface area contributed by atoms with E-state index >= 15 is 0 Å². The molecule has 0 aromatic heterocycles. The van der Waals surface area contributed by atoms with Crippen LogP contribution >= 0.6 is 0 Å². The molecule has 0 saturated carbocycles. The summed E-state index contributed by atoms with van der Waals surface area (Å²) in [6.45, 7) is 7.72. The first kappa shape index (κ1) is 37.9. The topological polar surface area (TPSA) is 34.2 Å². The fourth-order valence-electron chi connectivity index (χ4n) is 6.02. The Hall–Kier alpha value is -1.30. The number of nitrogens with zero attached hydrogens (tertiary/aromatic N) is 2. The van der Waals surface area contributed by atoms with E-state index in [2.05, 4.69) is 37.7 Å². The van der Waals surface area contributed by atoms with E-state index in [1.54, 1.807) is 0 Å². The molecule has 2 unspecified atom stereocenters. The normalized spacial score (nSPS) is 17.3. The van der Waals surface area contributed by atoms with E-state index in [1.165, 1.54) is 141 Å². The third-order valence-corrected chi connectivity index (χ3v) is 9.10. The summed E-state index contributed by atoms with van der Waals surface area (Å²) in [5.74, 6) is 1.75. The average Bonchev–Trinajstić information content (AvgIpc) is 3.08. The summed E-state index contributed by atoms with van der Waals surface area (Å²) in [6.07, 6.45) is 29.9. The molecule has 3 rings (SSSR count). The second-order valence-corrected chi connectivity index (χ2v) is 13.2. The Morgan fingerprint density at radius 3 is 1.05 bits per heavy atom. The molecule has 2 aliphatic rings. The van der Waals surface area contributed by atoms with Crippen LogP contribution in [0.2, 0.25) is 0 Å². The van der Waals surface area contributed by atoms with Crippen LogP contribution < -0.4 is 9.47 Å². The van der Waals surface area contributed by atoms with Gasteiger partial charge in [-0.2, -0.15) is 0 Å². The Bertz CT molecular complexity index is 682. The molecule has 5 nitrogen and oxygen atoms in total. The lowest BCUT2D eigenvalue weighted by Gasteiger charge is -2.30. The highest BCUT2D eigenvalue weighted by molar-refractivity contribution is 5.31. The fourth-order valence-corrected chi connectivity index (χ4v) is 6.02. The lowest BCUT2D eigenvalue weighted by atomic mass is 10.1. The maximum atomic E-state index is 6.38. The van der Waals surface area contributed by atoms with Crippen LogP contribution in [-0.4, -0.2) is 62.7 Å². The van der Waals surface area contributed by atoms with E-state index in [-0.39, 0.29) is 12.5 Å². The van der Waals surface area contributed by atoms with E-state index in [4.69, 9.17) is 14.2 Å². The smallest absolute Gasteiger partial charge is 0.175 e. The van der Waals surface area contributed by atoms with Gasteiger partial charge in [0.1, 0.15) is 11.5 Å². The zero-order valence-corrected chi connectivity index (χ0v) is 29.0. The predicted molar refractivity (Wildman–Crippen MR) is 184 cm³/mol. The first-order valence-electron chi connectivity index (χ1n) is 18.6. The molecule has 250 valence electrons. The standard InChI is InChI=1S/C38H70N2O3/c1-5-7-9-11-13-15-17-19-21-23-25-31-39(3)37-33-41-34-38(43-36-29-27-35(42-37)28-30-36)40(4)32-26-24-22-20-18-16-14-12-10-8-6-2/h27-30,37-38H,5-26,31-34H2,1-4H3. The molecule has 0 N–H and O–H groups in total. The van der Waals surface area contributed by atoms with Crippen LogP contribution in [-0.2, 0) is 4.74 Å². The summed E-state index contributed by atoms with van der Waals surface area (Å²) in [5, 5.41) is 0. The van der Waals surface area contributed by atoms with E-state index in [0.29, 0.717) is 13.2 Å². The number of unbranched alkanes of at least 4 members (excludes halogenated alkanes) is 20. The summed E-state index contributed by atoms with van der Waals surface area (Å²) >= 11 is 0. The summed E-state index contributed by atoms with van der Waals surface area (Å²) in [4.78, 5) is 4.65. The van der Waals surface area contributed by atoms with Crippen molar-refractivity contribution in [2.45, 2.75) is 168 Å². The second-order valence-electron chi connectivity index (χ2n) is 13.2. The van der Waals surface area contributed by atoms with Crippen LogP contribution in [0.4, 0.5) is 0 Å². The van der Waals surface area contributed by atoms with Crippen molar-refractivity contribution in [3.05, 3.63) is 24.3 Å². The molecule has 0 radical (unpaired) electrons. The molecular formula is C38H70N2O3. The van der Waals surface area contributed by atoms with Crippen molar-refractivity contribution < 1.29 is 14.2 Å². The largest absolute Gasteiger partial charge is 0.473 e. The molecule has 0 fully saturated rings. The first-order chi connectivity index (χ1) is 21.1. The first-order valence-corrected chi connectivity index (χ1v) is 18.6. The van der Waals surface area contributed by atoms with Crippen molar-refractivity contribution in [1.82, 2.24) is 9.80 Å². The van der Waals surface area contributed by atoms with Gasteiger partial charge in [-0.1, -0.05) is 142 Å². The molecule has 0 spiro atoms. The Labute approximate surface area is 267 Å². The van der Waals surface area contributed by atoms with Gasteiger partial charge in [0.25, 0.3) is 0 Å². The minimum absolute atomic E-state index is 0.0929. The molecule has 0 aliphatic carbocycles. The van der Waals surface area contributed by atoms with Gasteiger partial charge in [0.2, 0.25) is 0 Å². The number of rotatable bonds is 26. The van der Waals surface area contributed by atoms with Crippen LogP contribution in [0.3, 0.4) is 0 Å². The van der Waals surface area contributed by atoms with Crippen molar-refractivity contribution in [3.63, 3.8) is 0 Å². The van der Waals surface area contributed by atoms with Crippen LogP contribution in [0.25, 0.3) is 0 Å². The molecule has 2 bridgehead atoms. The Kier molecular flexibility index (Phi) is 22.9. The summed E-state index contributed by atoms with van der Waals surface area (Å²) < 4.78 is 19.0. The summed E-state index contributed by atoms with van der Waals surface area (Å²) in [6, 6.07) is 8.13. The Morgan fingerprint density at radius 2 is 0.744 bits per heavy atom. The number of ether oxygens (including phenoxy) is 3. The zero-order chi connectivity index (χ0) is 30.8. The number of hydrogen-bond acceptors (Lipinski definition) is 5. The Morgan fingerprint density at radius 1 is 0.465 bits per heavy atom. The number of fused-ring (bicyclic) bond motifs is 8. The van der Waals surface area contributed by atoms with Crippen LogP contribution in [0, 0.1) is 0 Å². The highest BCUT2D eigenvalue weighted by Gasteiger charge is 2.22. The minimum Gasteiger partial charge on any atom is -0.473 e. The average molecular weight is 603 g/mol. The third kappa shape index (κ3) is 19.0. The SMILES string of the molecule is CCCCCCCCCCCCCN(C)C1COCC(N(C)CCCCCCCCCCCCC)Oc2ccc(cc2)O1. The molecule has 1 aromatic carbocycles. The molecule has 0 saturated heterocycles.